The molecule has 0 saturated carbocycles. The molecule has 0 spiro atoms. The van der Waals surface area contributed by atoms with Gasteiger partial charge in [-0.25, -0.2) is 0 Å². The van der Waals surface area contributed by atoms with Gasteiger partial charge in [-0.15, -0.1) is 0 Å². The van der Waals surface area contributed by atoms with Crippen LogP contribution in [0.1, 0.15) is 55.9 Å². The van der Waals surface area contributed by atoms with Crippen LogP contribution < -0.4 is 0 Å². The van der Waals surface area contributed by atoms with E-state index in [1.54, 1.807) is 11.8 Å². The molecular weight excluding hydrogens is 392 g/mol. The second-order valence-corrected chi connectivity index (χ2v) is 9.80. The number of benzene rings is 2. The van der Waals surface area contributed by atoms with Gasteiger partial charge in [-0.1, -0.05) is 78.5 Å². The third-order valence-electron chi connectivity index (χ3n) is 5.95. The summed E-state index contributed by atoms with van der Waals surface area (Å²) in [6.07, 6.45) is 4.95. The predicted molar refractivity (Wildman–Crippen MR) is 130 cm³/mol. The number of halogens is 1. The standard InChI is InChI=1S/C27H27ClS/c1-17-25(22-11-6-5-7-12-22)19(3)29-20(4)26(17)27(18(2)28)24-15-14-21-10-8-9-13-23(21)16-24/h5-7,11-12,14-16H,3,8-10,13H2,1-2,4H3/b27-18+. The van der Waals surface area contributed by atoms with Crippen LogP contribution in [-0.2, 0) is 12.8 Å². The first-order valence-corrected chi connectivity index (χ1v) is 11.5. The first-order chi connectivity index (χ1) is 14.0. The summed E-state index contributed by atoms with van der Waals surface area (Å²) in [4.78, 5) is 2.37. The monoisotopic (exact) mass is 418 g/mol. The number of fused-ring (bicyclic) bond motifs is 1. The lowest BCUT2D eigenvalue weighted by molar-refractivity contribution is 0.685. The summed E-state index contributed by atoms with van der Waals surface area (Å²) in [6.45, 7) is 10.8. The van der Waals surface area contributed by atoms with Crippen molar-refractivity contribution in [2.24, 2.45) is 0 Å². The zero-order chi connectivity index (χ0) is 20.5. The average molecular weight is 419 g/mol. The van der Waals surface area contributed by atoms with Gasteiger partial charge in [-0.2, -0.15) is 0 Å². The third kappa shape index (κ3) is 3.91. The number of hydrogen-bond donors (Lipinski definition) is 0. The topological polar surface area (TPSA) is 0 Å². The van der Waals surface area contributed by atoms with Crippen molar-refractivity contribution in [2.75, 3.05) is 0 Å². The summed E-state index contributed by atoms with van der Waals surface area (Å²) in [5, 5.41) is 0.843. The molecule has 0 radical (unpaired) electrons. The molecule has 0 nitrogen and oxygen atoms in total. The number of thioether (sulfide) groups is 1. The van der Waals surface area contributed by atoms with E-state index in [9.17, 15) is 0 Å². The fourth-order valence-electron chi connectivity index (χ4n) is 4.64. The first kappa shape index (κ1) is 20.3. The highest BCUT2D eigenvalue weighted by atomic mass is 35.5. The number of hydrogen-bond acceptors (Lipinski definition) is 1. The zero-order valence-electron chi connectivity index (χ0n) is 17.4. The van der Waals surface area contributed by atoms with E-state index in [1.165, 1.54) is 69.6 Å². The number of allylic oxidation sites excluding steroid dienone is 6. The van der Waals surface area contributed by atoms with Gasteiger partial charge in [0.2, 0.25) is 0 Å². The lowest BCUT2D eigenvalue weighted by Gasteiger charge is -2.28. The molecule has 2 aliphatic rings. The molecule has 1 aliphatic carbocycles. The Morgan fingerprint density at radius 1 is 0.966 bits per heavy atom. The van der Waals surface area contributed by atoms with Crippen molar-refractivity contribution in [1.82, 2.24) is 0 Å². The lowest BCUT2D eigenvalue weighted by Crippen LogP contribution is -2.07. The van der Waals surface area contributed by atoms with Crippen LogP contribution in [0.25, 0.3) is 11.1 Å². The van der Waals surface area contributed by atoms with Crippen molar-refractivity contribution in [2.45, 2.75) is 46.5 Å². The second-order valence-electron chi connectivity index (χ2n) is 7.92. The predicted octanol–water partition coefficient (Wildman–Crippen LogP) is 8.54. The quantitative estimate of drug-likeness (QED) is 0.481. The van der Waals surface area contributed by atoms with Gasteiger partial charge in [0, 0.05) is 15.5 Å². The van der Waals surface area contributed by atoms with Crippen LogP contribution in [-0.4, -0.2) is 0 Å². The van der Waals surface area contributed by atoms with Gasteiger partial charge in [-0.3, -0.25) is 0 Å². The summed E-state index contributed by atoms with van der Waals surface area (Å²) in [6, 6.07) is 17.5. The SMILES string of the molecule is C=C1SC(C)=C(/C(=C(\C)Cl)c2ccc3c(c2)CCCC3)C(C)=C1c1ccccc1. The van der Waals surface area contributed by atoms with E-state index < -0.39 is 0 Å². The highest BCUT2D eigenvalue weighted by molar-refractivity contribution is 8.07. The summed E-state index contributed by atoms with van der Waals surface area (Å²) in [5.74, 6) is 0. The normalized spacial score (nSPS) is 18.0. The highest BCUT2D eigenvalue weighted by Crippen LogP contribution is 2.50. The summed E-state index contributed by atoms with van der Waals surface area (Å²) in [5.41, 5.74) is 10.3. The molecule has 2 heteroatoms. The lowest BCUT2D eigenvalue weighted by atomic mass is 9.84. The maximum atomic E-state index is 6.75. The van der Waals surface area contributed by atoms with E-state index in [0.717, 1.165) is 15.5 Å². The van der Waals surface area contributed by atoms with Crippen molar-refractivity contribution in [3.05, 3.63) is 103 Å². The van der Waals surface area contributed by atoms with Crippen molar-refractivity contribution in [3.63, 3.8) is 0 Å². The largest absolute Gasteiger partial charge is 0.0942 e. The van der Waals surface area contributed by atoms with Crippen LogP contribution >= 0.6 is 23.4 Å². The van der Waals surface area contributed by atoms with Gasteiger partial charge in [0.15, 0.2) is 0 Å². The van der Waals surface area contributed by atoms with Gasteiger partial charge >= 0.3 is 0 Å². The van der Waals surface area contributed by atoms with Gasteiger partial charge < -0.3 is 0 Å². The van der Waals surface area contributed by atoms with E-state index in [4.69, 9.17) is 11.6 Å². The maximum Gasteiger partial charge on any atom is 0.0234 e. The van der Waals surface area contributed by atoms with E-state index in [0.29, 0.717) is 0 Å². The molecule has 0 bridgehead atoms. The Kier molecular flexibility index (Phi) is 5.90. The first-order valence-electron chi connectivity index (χ1n) is 10.3. The van der Waals surface area contributed by atoms with Gasteiger partial charge in [-0.05, 0) is 90.3 Å². The van der Waals surface area contributed by atoms with Gasteiger partial charge in [0.25, 0.3) is 0 Å². The molecule has 0 N–H and O–H groups in total. The third-order valence-corrected chi connectivity index (χ3v) is 7.10. The highest BCUT2D eigenvalue weighted by Gasteiger charge is 2.26. The molecule has 1 aliphatic heterocycles. The van der Waals surface area contributed by atoms with E-state index in [2.05, 4.69) is 69.0 Å². The van der Waals surface area contributed by atoms with Crippen LogP contribution in [0.15, 0.2) is 81.1 Å². The second kappa shape index (κ2) is 8.42. The molecule has 0 amide bonds. The van der Waals surface area contributed by atoms with Crippen LogP contribution in [0.5, 0.6) is 0 Å². The molecule has 0 fully saturated rings. The van der Waals surface area contributed by atoms with Crippen molar-refractivity contribution in [1.29, 1.82) is 0 Å². The van der Waals surface area contributed by atoms with Crippen LogP contribution in [0.4, 0.5) is 0 Å². The summed E-state index contributed by atoms with van der Waals surface area (Å²) in [7, 11) is 0. The molecule has 2 aromatic rings. The Balaban J connectivity index is 1.88. The van der Waals surface area contributed by atoms with Crippen molar-refractivity contribution in [3.8, 4) is 0 Å². The van der Waals surface area contributed by atoms with Crippen LogP contribution in [0.3, 0.4) is 0 Å². The Labute approximate surface area is 184 Å². The minimum Gasteiger partial charge on any atom is -0.0942 e. The average Bonchev–Trinajstić information content (AvgIpc) is 2.71. The van der Waals surface area contributed by atoms with Crippen molar-refractivity contribution < 1.29 is 0 Å². The van der Waals surface area contributed by atoms with E-state index >= 15 is 0 Å². The molecule has 1 heterocycles. The fraction of sp³-hybridized carbons (Fsp3) is 0.259. The fourth-order valence-corrected chi connectivity index (χ4v) is 5.94. The van der Waals surface area contributed by atoms with Gasteiger partial charge in [0.1, 0.15) is 0 Å². The smallest absolute Gasteiger partial charge is 0.0234 e. The maximum absolute atomic E-state index is 6.75. The molecule has 4 rings (SSSR count). The summed E-state index contributed by atoms with van der Waals surface area (Å²) < 4.78 is 0. The Bertz CT molecular complexity index is 1060. The van der Waals surface area contributed by atoms with Gasteiger partial charge in [0.05, 0.1) is 0 Å². The molecule has 29 heavy (non-hydrogen) atoms. The Hall–Kier alpha value is -1.96. The molecule has 0 saturated heterocycles. The van der Waals surface area contributed by atoms with Crippen LogP contribution in [0, 0.1) is 0 Å². The Morgan fingerprint density at radius 3 is 2.34 bits per heavy atom. The zero-order valence-corrected chi connectivity index (χ0v) is 19.0. The number of aryl methyl sites for hydroxylation is 2. The molecule has 2 aromatic carbocycles. The molecule has 0 unspecified atom stereocenters. The molecule has 148 valence electrons. The van der Waals surface area contributed by atoms with E-state index in [1.807, 2.05) is 6.92 Å². The molecular formula is C27H27ClS. The minimum absolute atomic E-state index is 0.843. The minimum atomic E-state index is 0.843. The number of rotatable bonds is 3. The van der Waals surface area contributed by atoms with E-state index in [-0.39, 0.29) is 0 Å². The summed E-state index contributed by atoms with van der Waals surface area (Å²) >= 11 is 8.51. The Morgan fingerprint density at radius 2 is 1.66 bits per heavy atom. The van der Waals surface area contributed by atoms with Crippen molar-refractivity contribution >= 4 is 34.5 Å². The van der Waals surface area contributed by atoms with Crippen LogP contribution in [0.2, 0.25) is 0 Å². The molecule has 0 atom stereocenters. The molecule has 0 aromatic heterocycles.